The van der Waals surface area contributed by atoms with Crippen LogP contribution in [0.5, 0.6) is 0 Å². The van der Waals surface area contributed by atoms with Gasteiger partial charge in [-0.25, -0.2) is 8.42 Å². The van der Waals surface area contributed by atoms with Gasteiger partial charge >= 0.3 is 0 Å². The zero-order chi connectivity index (χ0) is 20.6. The van der Waals surface area contributed by atoms with Gasteiger partial charge in [-0.2, -0.15) is 18.0 Å². The first-order valence-corrected chi connectivity index (χ1v) is 12.4. The highest BCUT2D eigenvalue weighted by Crippen LogP contribution is 2.33. The van der Waals surface area contributed by atoms with Crippen LogP contribution in [-0.4, -0.2) is 57.9 Å². The van der Waals surface area contributed by atoms with Crippen LogP contribution in [0.15, 0.2) is 27.6 Å². The Morgan fingerprint density at radius 1 is 1.20 bits per heavy atom. The van der Waals surface area contributed by atoms with E-state index in [1.54, 1.807) is 18.2 Å². The number of ether oxygens (including phenoxy) is 1. The largest absolute Gasteiger partial charge is 0.381 e. The fraction of sp³-hybridized carbons (Fsp3) is 0.579. The second-order valence-corrected chi connectivity index (χ2v) is 10.4. The molecule has 9 nitrogen and oxygen atoms in total. The van der Waals surface area contributed by atoms with Crippen molar-refractivity contribution >= 4 is 32.8 Å². The second-order valence-electron chi connectivity index (χ2n) is 7.93. The minimum absolute atomic E-state index is 0.0896. The molecule has 0 N–H and O–H groups in total. The van der Waals surface area contributed by atoms with E-state index < -0.39 is 10.0 Å². The van der Waals surface area contributed by atoms with Crippen molar-refractivity contribution in [2.45, 2.75) is 42.9 Å². The van der Waals surface area contributed by atoms with Gasteiger partial charge in [-0.3, -0.25) is 0 Å². The summed E-state index contributed by atoms with van der Waals surface area (Å²) in [5.74, 6) is 1.70. The molecule has 0 amide bonds. The van der Waals surface area contributed by atoms with E-state index in [4.69, 9.17) is 9.26 Å². The SMILES string of the molecule is O=S(=O)(c1cccc2nsnc12)N1CC(c2nc(CCOCC3CCCC3)no2)C1. The lowest BCUT2D eigenvalue weighted by atomic mass is 10.0. The molecule has 1 aromatic carbocycles. The molecule has 0 spiro atoms. The van der Waals surface area contributed by atoms with Crippen LogP contribution >= 0.6 is 11.7 Å². The van der Waals surface area contributed by atoms with Gasteiger partial charge in [0.25, 0.3) is 0 Å². The maximum atomic E-state index is 13.0. The maximum Gasteiger partial charge on any atom is 0.245 e. The van der Waals surface area contributed by atoms with Gasteiger partial charge in [-0.05, 0) is 30.9 Å². The van der Waals surface area contributed by atoms with E-state index in [1.165, 1.54) is 30.0 Å². The normalized spacial score (nSPS) is 18.9. The predicted octanol–water partition coefficient (Wildman–Crippen LogP) is 2.61. The Labute approximate surface area is 178 Å². The predicted molar refractivity (Wildman–Crippen MR) is 110 cm³/mol. The van der Waals surface area contributed by atoms with Crippen molar-refractivity contribution in [2.75, 3.05) is 26.3 Å². The lowest BCUT2D eigenvalue weighted by molar-refractivity contribution is 0.102. The molecule has 0 atom stereocenters. The molecule has 11 heteroatoms. The van der Waals surface area contributed by atoms with Crippen LogP contribution in [0.25, 0.3) is 11.0 Å². The smallest absolute Gasteiger partial charge is 0.245 e. The van der Waals surface area contributed by atoms with Crippen molar-refractivity contribution in [2.24, 2.45) is 5.92 Å². The average Bonchev–Trinajstić information content (AvgIpc) is 3.45. The van der Waals surface area contributed by atoms with E-state index in [-0.39, 0.29) is 10.8 Å². The van der Waals surface area contributed by atoms with Gasteiger partial charge in [-0.15, -0.1) is 0 Å². The van der Waals surface area contributed by atoms with E-state index >= 15 is 0 Å². The summed E-state index contributed by atoms with van der Waals surface area (Å²) in [5, 5.41) is 4.02. The lowest BCUT2D eigenvalue weighted by Gasteiger charge is -2.35. The first-order chi connectivity index (χ1) is 14.6. The summed E-state index contributed by atoms with van der Waals surface area (Å²) in [4.78, 5) is 4.62. The van der Waals surface area contributed by atoms with E-state index in [9.17, 15) is 8.42 Å². The summed E-state index contributed by atoms with van der Waals surface area (Å²) in [7, 11) is -3.63. The minimum atomic E-state index is -3.63. The van der Waals surface area contributed by atoms with Crippen LogP contribution < -0.4 is 0 Å². The highest BCUT2D eigenvalue weighted by atomic mass is 32.2. The Balaban J connectivity index is 1.15. The summed E-state index contributed by atoms with van der Waals surface area (Å²) < 4.78 is 46.7. The van der Waals surface area contributed by atoms with E-state index in [0.717, 1.165) is 18.3 Å². The highest BCUT2D eigenvalue weighted by molar-refractivity contribution is 7.89. The molecule has 0 radical (unpaired) electrons. The Hall–Kier alpha value is -1.95. The number of rotatable bonds is 8. The summed E-state index contributed by atoms with van der Waals surface area (Å²) >= 11 is 1.01. The third-order valence-electron chi connectivity index (χ3n) is 5.85. The average molecular weight is 450 g/mol. The zero-order valence-electron chi connectivity index (χ0n) is 16.4. The van der Waals surface area contributed by atoms with Crippen molar-refractivity contribution in [1.82, 2.24) is 23.2 Å². The van der Waals surface area contributed by atoms with Gasteiger partial charge in [0.05, 0.1) is 24.3 Å². The monoisotopic (exact) mass is 449 g/mol. The third kappa shape index (κ3) is 3.86. The van der Waals surface area contributed by atoms with Crippen LogP contribution in [0.4, 0.5) is 0 Å². The van der Waals surface area contributed by atoms with Gasteiger partial charge in [0.1, 0.15) is 15.9 Å². The van der Waals surface area contributed by atoms with Crippen molar-refractivity contribution < 1.29 is 17.7 Å². The molecule has 3 heterocycles. The number of fused-ring (bicyclic) bond motifs is 1. The van der Waals surface area contributed by atoms with E-state index in [0.29, 0.717) is 54.8 Å². The van der Waals surface area contributed by atoms with E-state index in [2.05, 4.69) is 18.9 Å². The first-order valence-electron chi connectivity index (χ1n) is 10.2. The van der Waals surface area contributed by atoms with Crippen molar-refractivity contribution in [3.8, 4) is 0 Å². The standard InChI is InChI=1S/C19H23N5O4S2/c25-30(26,16-7-3-6-15-18(16)23-29-22-15)24-10-14(11-24)19-20-17(21-28-19)8-9-27-12-13-4-1-2-5-13/h3,6-7,13-14H,1-2,4-5,8-12H2. The quantitative estimate of drug-likeness (QED) is 0.483. The molecule has 1 saturated heterocycles. The Kier molecular flexibility index (Phi) is 5.52. The summed E-state index contributed by atoms with van der Waals surface area (Å²) in [6.07, 6.45) is 5.75. The number of benzene rings is 1. The van der Waals surface area contributed by atoms with Crippen LogP contribution in [0.1, 0.15) is 43.3 Å². The van der Waals surface area contributed by atoms with Crippen molar-refractivity contribution in [1.29, 1.82) is 0 Å². The first kappa shape index (κ1) is 20.0. The number of hydrogen-bond donors (Lipinski definition) is 0. The molecule has 160 valence electrons. The molecule has 0 unspecified atom stereocenters. The lowest BCUT2D eigenvalue weighted by Crippen LogP contribution is -2.48. The van der Waals surface area contributed by atoms with E-state index in [1.807, 2.05) is 0 Å². The molecule has 1 saturated carbocycles. The van der Waals surface area contributed by atoms with Crippen LogP contribution in [0.2, 0.25) is 0 Å². The summed E-state index contributed by atoms with van der Waals surface area (Å²) in [5.41, 5.74) is 1.01. The fourth-order valence-corrected chi connectivity index (χ4v) is 6.33. The van der Waals surface area contributed by atoms with Crippen LogP contribution in [0.3, 0.4) is 0 Å². The Morgan fingerprint density at radius 3 is 2.87 bits per heavy atom. The summed E-state index contributed by atoms with van der Waals surface area (Å²) in [6, 6.07) is 5.02. The van der Waals surface area contributed by atoms with Gasteiger partial charge in [0, 0.05) is 26.1 Å². The molecule has 5 rings (SSSR count). The molecule has 30 heavy (non-hydrogen) atoms. The Morgan fingerprint density at radius 2 is 2.03 bits per heavy atom. The van der Waals surface area contributed by atoms with Crippen LogP contribution in [-0.2, 0) is 21.2 Å². The van der Waals surface area contributed by atoms with Gasteiger partial charge in [-0.1, -0.05) is 24.1 Å². The molecular formula is C19H23N5O4S2. The number of nitrogens with zero attached hydrogens (tertiary/aromatic N) is 5. The van der Waals surface area contributed by atoms with Crippen molar-refractivity contribution in [3.05, 3.63) is 29.9 Å². The molecular weight excluding hydrogens is 426 g/mol. The summed E-state index contributed by atoms with van der Waals surface area (Å²) in [6.45, 7) is 2.01. The number of hydrogen-bond acceptors (Lipinski definition) is 9. The number of sulfonamides is 1. The molecule has 2 fully saturated rings. The van der Waals surface area contributed by atoms with Gasteiger partial charge in [0.2, 0.25) is 15.9 Å². The minimum Gasteiger partial charge on any atom is -0.381 e. The van der Waals surface area contributed by atoms with Gasteiger partial charge < -0.3 is 9.26 Å². The van der Waals surface area contributed by atoms with Crippen LogP contribution in [0, 0.1) is 5.92 Å². The fourth-order valence-electron chi connectivity index (χ4n) is 4.04. The highest BCUT2D eigenvalue weighted by Gasteiger charge is 2.41. The number of aromatic nitrogens is 4. The molecule has 2 aliphatic rings. The Bertz CT molecular complexity index is 1120. The molecule has 0 bridgehead atoms. The van der Waals surface area contributed by atoms with Gasteiger partial charge in [0.15, 0.2) is 5.82 Å². The third-order valence-corrected chi connectivity index (χ3v) is 8.25. The zero-order valence-corrected chi connectivity index (χ0v) is 18.1. The molecule has 2 aromatic heterocycles. The molecule has 1 aliphatic heterocycles. The molecule has 1 aliphatic carbocycles. The molecule has 3 aromatic rings. The van der Waals surface area contributed by atoms with Crippen molar-refractivity contribution in [3.63, 3.8) is 0 Å². The second kappa shape index (κ2) is 8.29. The topological polar surface area (TPSA) is 111 Å². The maximum absolute atomic E-state index is 13.0.